The minimum Gasteiger partial charge on any atom is -0.361 e. The number of carbonyl (C=O) groups excluding carboxylic acids is 1. The van der Waals surface area contributed by atoms with E-state index < -0.39 is 0 Å². The van der Waals surface area contributed by atoms with E-state index in [0.717, 1.165) is 5.56 Å². The van der Waals surface area contributed by atoms with Crippen LogP contribution in [0.15, 0.2) is 45.4 Å². The Morgan fingerprint density at radius 1 is 1.21 bits per heavy atom. The van der Waals surface area contributed by atoms with Gasteiger partial charge in [0.1, 0.15) is 5.76 Å². The van der Waals surface area contributed by atoms with E-state index in [4.69, 9.17) is 9.05 Å². The SMILES string of the molecule is Cc1cc(C(=O)N2CC(c3nc(Cc4ccccc4)no3)C2)no1. The monoisotopic (exact) mass is 324 g/mol. The molecule has 0 radical (unpaired) electrons. The topological polar surface area (TPSA) is 85.3 Å². The van der Waals surface area contributed by atoms with Crippen molar-refractivity contribution in [2.75, 3.05) is 13.1 Å². The first-order valence-electron chi connectivity index (χ1n) is 7.78. The van der Waals surface area contributed by atoms with Crippen molar-refractivity contribution in [3.05, 3.63) is 65.1 Å². The van der Waals surface area contributed by atoms with Gasteiger partial charge in [-0.3, -0.25) is 4.79 Å². The van der Waals surface area contributed by atoms with Crippen LogP contribution >= 0.6 is 0 Å². The molecule has 1 aromatic carbocycles. The largest absolute Gasteiger partial charge is 0.361 e. The predicted molar refractivity (Wildman–Crippen MR) is 83.4 cm³/mol. The van der Waals surface area contributed by atoms with E-state index in [0.29, 0.717) is 42.7 Å². The molecule has 1 aliphatic heterocycles. The Labute approximate surface area is 138 Å². The molecule has 0 aliphatic carbocycles. The summed E-state index contributed by atoms with van der Waals surface area (Å²) >= 11 is 0. The summed E-state index contributed by atoms with van der Waals surface area (Å²) in [5.74, 6) is 1.82. The number of hydrogen-bond donors (Lipinski definition) is 0. The molecule has 24 heavy (non-hydrogen) atoms. The normalized spacial score (nSPS) is 14.6. The number of aromatic nitrogens is 3. The van der Waals surface area contributed by atoms with E-state index in [9.17, 15) is 4.79 Å². The zero-order valence-electron chi connectivity index (χ0n) is 13.2. The fourth-order valence-electron chi connectivity index (χ4n) is 2.71. The van der Waals surface area contributed by atoms with Crippen LogP contribution in [0.2, 0.25) is 0 Å². The van der Waals surface area contributed by atoms with Crippen molar-refractivity contribution >= 4 is 5.91 Å². The lowest BCUT2D eigenvalue weighted by Gasteiger charge is -2.36. The number of amides is 1. The molecule has 122 valence electrons. The van der Waals surface area contributed by atoms with Gasteiger partial charge in [0, 0.05) is 25.6 Å². The van der Waals surface area contributed by atoms with Crippen LogP contribution in [0.4, 0.5) is 0 Å². The van der Waals surface area contributed by atoms with Crippen LogP contribution in [0, 0.1) is 6.92 Å². The van der Waals surface area contributed by atoms with E-state index in [1.54, 1.807) is 17.9 Å². The molecule has 1 saturated heterocycles. The lowest BCUT2D eigenvalue weighted by atomic mass is 9.99. The number of hydrogen-bond acceptors (Lipinski definition) is 6. The second-order valence-corrected chi connectivity index (χ2v) is 5.94. The van der Waals surface area contributed by atoms with Gasteiger partial charge in [-0.25, -0.2) is 0 Å². The standard InChI is InChI=1S/C17H16N4O3/c1-11-7-14(19-23-11)17(22)21-9-13(10-21)16-18-15(20-24-16)8-12-5-3-2-4-6-12/h2-7,13H,8-10H2,1H3. The third-order valence-corrected chi connectivity index (χ3v) is 4.05. The van der Waals surface area contributed by atoms with Gasteiger partial charge < -0.3 is 13.9 Å². The predicted octanol–water partition coefficient (Wildman–Crippen LogP) is 2.20. The van der Waals surface area contributed by atoms with Crippen molar-refractivity contribution in [1.82, 2.24) is 20.2 Å². The van der Waals surface area contributed by atoms with Crippen LogP contribution in [0.25, 0.3) is 0 Å². The van der Waals surface area contributed by atoms with E-state index in [2.05, 4.69) is 15.3 Å². The Morgan fingerprint density at radius 2 is 2.00 bits per heavy atom. The molecule has 0 N–H and O–H groups in total. The maximum Gasteiger partial charge on any atom is 0.276 e. The third-order valence-electron chi connectivity index (χ3n) is 4.05. The third kappa shape index (κ3) is 2.80. The Kier molecular flexibility index (Phi) is 3.60. The highest BCUT2D eigenvalue weighted by atomic mass is 16.5. The summed E-state index contributed by atoms with van der Waals surface area (Å²) in [6, 6.07) is 11.6. The molecule has 3 heterocycles. The minimum atomic E-state index is -0.132. The van der Waals surface area contributed by atoms with Crippen LogP contribution in [0.3, 0.4) is 0 Å². The molecular formula is C17H16N4O3. The van der Waals surface area contributed by atoms with Crippen LogP contribution in [0.1, 0.15) is 39.4 Å². The average molecular weight is 324 g/mol. The average Bonchev–Trinajstić information content (AvgIpc) is 3.16. The van der Waals surface area contributed by atoms with Crippen LogP contribution < -0.4 is 0 Å². The van der Waals surface area contributed by atoms with Crippen molar-refractivity contribution in [2.45, 2.75) is 19.3 Å². The fourth-order valence-corrected chi connectivity index (χ4v) is 2.71. The van der Waals surface area contributed by atoms with Crippen molar-refractivity contribution in [1.29, 1.82) is 0 Å². The highest BCUT2D eigenvalue weighted by molar-refractivity contribution is 5.92. The first-order valence-corrected chi connectivity index (χ1v) is 7.78. The Bertz CT molecular complexity index is 850. The number of rotatable bonds is 4. The molecule has 4 rings (SSSR count). The lowest BCUT2D eigenvalue weighted by Crippen LogP contribution is -2.48. The first kappa shape index (κ1) is 14.6. The van der Waals surface area contributed by atoms with Gasteiger partial charge in [-0.15, -0.1) is 0 Å². The van der Waals surface area contributed by atoms with E-state index >= 15 is 0 Å². The maximum atomic E-state index is 12.2. The molecule has 0 spiro atoms. The number of aryl methyl sites for hydroxylation is 1. The second-order valence-electron chi connectivity index (χ2n) is 5.94. The van der Waals surface area contributed by atoms with Crippen molar-refractivity contribution in [3.63, 3.8) is 0 Å². The van der Waals surface area contributed by atoms with Gasteiger partial charge in [-0.2, -0.15) is 4.98 Å². The molecule has 0 atom stereocenters. The Morgan fingerprint density at radius 3 is 2.71 bits per heavy atom. The Hall–Kier alpha value is -2.96. The summed E-state index contributed by atoms with van der Waals surface area (Å²) in [5.41, 5.74) is 1.47. The quantitative estimate of drug-likeness (QED) is 0.731. The zero-order valence-corrected chi connectivity index (χ0v) is 13.2. The summed E-state index contributed by atoms with van der Waals surface area (Å²) in [5, 5.41) is 7.78. The number of nitrogens with zero attached hydrogens (tertiary/aromatic N) is 4. The van der Waals surface area contributed by atoms with Crippen molar-refractivity contribution < 1.29 is 13.8 Å². The summed E-state index contributed by atoms with van der Waals surface area (Å²) in [6.07, 6.45) is 0.637. The summed E-state index contributed by atoms with van der Waals surface area (Å²) < 4.78 is 10.3. The summed E-state index contributed by atoms with van der Waals surface area (Å²) in [7, 11) is 0. The van der Waals surface area contributed by atoms with Gasteiger partial charge in [-0.1, -0.05) is 40.6 Å². The molecule has 1 amide bonds. The van der Waals surface area contributed by atoms with Gasteiger partial charge in [0.05, 0.1) is 5.92 Å². The number of carbonyl (C=O) groups is 1. The Balaban J connectivity index is 1.36. The van der Waals surface area contributed by atoms with Crippen molar-refractivity contribution in [3.8, 4) is 0 Å². The van der Waals surface area contributed by atoms with Gasteiger partial charge in [0.15, 0.2) is 11.5 Å². The maximum absolute atomic E-state index is 12.2. The molecule has 7 heteroatoms. The van der Waals surface area contributed by atoms with Crippen molar-refractivity contribution in [2.24, 2.45) is 0 Å². The molecule has 0 bridgehead atoms. The summed E-state index contributed by atoms with van der Waals surface area (Å²) in [6.45, 7) is 2.87. The molecular weight excluding hydrogens is 308 g/mol. The number of likely N-dealkylation sites (tertiary alicyclic amines) is 1. The van der Waals surface area contributed by atoms with Crippen LogP contribution in [0.5, 0.6) is 0 Å². The highest BCUT2D eigenvalue weighted by Gasteiger charge is 2.36. The van der Waals surface area contributed by atoms with E-state index in [1.807, 2.05) is 30.3 Å². The minimum absolute atomic E-state index is 0.0824. The van der Waals surface area contributed by atoms with Gasteiger partial charge in [0.2, 0.25) is 5.89 Å². The van der Waals surface area contributed by atoms with Gasteiger partial charge >= 0.3 is 0 Å². The van der Waals surface area contributed by atoms with Gasteiger partial charge in [-0.05, 0) is 12.5 Å². The highest BCUT2D eigenvalue weighted by Crippen LogP contribution is 2.27. The van der Waals surface area contributed by atoms with E-state index in [1.165, 1.54) is 0 Å². The lowest BCUT2D eigenvalue weighted by molar-refractivity contribution is 0.0558. The fraction of sp³-hybridized carbons (Fsp3) is 0.294. The van der Waals surface area contributed by atoms with E-state index in [-0.39, 0.29) is 11.8 Å². The second kappa shape index (κ2) is 5.92. The molecule has 1 aliphatic rings. The molecule has 0 saturated carbocycles. The smallest absolute Gasteiger partial charge is 0.276 e. The van der Waals surface area contributed by atoms with Crippen LogP contribution in [-0.4, -0.2) is 39.2 Å². The molecule has 3 aromatic rings. The van der Waals surface area contributed by atoms with Gasteiger partial charge in [0.25, 0.3) is 5.91 Å². The molecule has 2 aromatic heterocycles. The summed E-state index contributed by atoms with van der Waals surface area (Å²) in [4.78, 5) is 18.3. The zero-order chi connectivity index (χ0) is 16.5. The molecule has 1 fully saturated rings. The number of benzene rings is 1. The first-order chi connectivity index (χ1) is 11.7. The molecule has 7 nitrogen and oxygen atoms in total. The molecule has 0 unspecified atom stereocenters. The van der Waals surface area contributed by atoms with Crippen LogP contribution in [-0.2, 0) is 6.42 Å².